The van der Waals surface area contributed by atoms with E-state index in [0.717, 1.165) is 36.2 Å². The van der Waals surface area contributed by atoms with Crippen molar-refractivity contribution in [2.45, 2.75) is 46.6 Å². The quantitative estimate of drug-likeness (QED) is 0.893. The molecule has 5 nitrogen and oxygen atoms in total. The van der Waals surface area contributed by atoms with Gasteiger partial charge < -0.3 is 11.1 Å². The molecule has 5 heteroatoms. The number of carbonyl (C=O) groups excluding carboxylic acids is 2. The Hall–Kier alpha value is -1.88. The molecule has 0 spiro atoms. The van der Waals surface area contributed by atoms with Crippen LogP contribution in [0.15, 0.2) is 12.1 Å². The van der Waals surface area contributed by atoms with Crippen molar-refractivity contribution in [3.8, 4) is 0 Å². The average molecular weight is 317 g/mol. The SMILES string of the molecule is Cc1cc(C)c(NC(=O)[C@@H](C)N2CCC[C@@H](C(N)=O)C2)c(C)c1. The van der Waals surface area contributed by atoms with Crippen molar-refractivity contribution in [1.82, 2.24) is 4.90 Å². The van der Waals surface area contributed by atoms with Crippen molar-refractivity contribution in [1.29, 1.82) is 0 Å². The lowest BCUT2D eigenvalue weighted by atomic mass is 9.96. The van der Waals surface area contributed by atoms with Gasteiger partial charge in [-0.25, -0.2) is 0 Å². The van der Waals surface area contributed by atoms with Gasteiger partial charge in [0.1, 0.15) is 0 Å². The molecule has 1 fully saturated rings. The molecule has 1 heterocycles. The number of rotatable bonds is 4. The molecule has 1 aromatic rings. The summed E-state index contributed by atoms with van der Waals surface area (Å²) in [6.45, 7) is 9.33. The van der Waals surface area contributed by atoms with Gasteiger partial charge in [-0.3, -0.25) is 14.5 Å². The Morgan fingerprint density at radius 3 is 2.43 bits per heavy atom. The minimum absolute atomic E-state index is 0.0369. The van der Waals surface area contributed by atoms with Crippen LogP contribution in [0.4, 0.5) is 5.69 Å². The third-order valence-corrected chi connectivity index (χ3v) is 4.71. The minimum Gasteiger partial charge on any atom is -0.369 e. The number of benzene rings is 1. The number of carbonyl (C=O) groups is 2. The molecule has 1 aliphatic rings. The monoisotopic (exact) mass is 317 g/mol. The fraction of sp³-hybridized carbons (Fsp3) is 0.556. The third-order valence-electron chi connectivity index (χ3n) is 4.71. The first-order valence-electron chi connectivity index (χ1n) is 8.21. The highest BCUT2D eigenvalue weighted by Crippen LogP contribution is 2.23. The van der Waals surface area contributed by atoms with Crippen LogP contribution in [0.25, 0.3) is 0 Å². The summed E-state index contributed by atoms with van der Waals surface area (Å²) in [5.41, 5.74) is 9.62. The average Bonchev–Trinajstić information content (AvgIpc) is 2.50. The molecule has 0 bridgehead atoms. The number of hydrogen-bond donors (Lipinski definition) is 2. The lowest BCUT2D eigenvalue weighted by molar-refractivity contribution is -0.127. The summed E-state index contributed by atoms with van der Waals surface area (Å²) in [6.07, 6.45) is 1.71. The van der Waals surface area contributed by atoms with Gasteiger partial charge in [0, 0.05) is 12.2 Å². The summed E-state index contributed by atoms with van der Waals surface area (Å²) < 4.78 is 0. The van der Waals surface area contributed by atoms with E-state index in [1.807, 2.05) is 32.6 Å². The Labute approximate surface area is 138 Å². The Balaban J connectivity index is 2.07. The summed E-state index contributed by atoms with van der Waals surface area (Å²) in [5, 5.41) is 3.05. The first-order chi connectivity index (χ1) is 10.8. The van der Waals surface area contributed by atoms with Gasteiger partial charge in [-0.1, -0.05) is 17.7 Å². The van der Waals surface area contributed by atoms with Gasteiger partial charge in [-0.2, -0.15) is 0 Å². The van der Waals surface area contributed by atoms with Crippen molar-refractivity contribution in [3.63, 3.8) is 0 Å². The molecule has 23 heavy (non-hydrogen) atoms. The molecule has 2 amide bonds. The normalized spacial score (nSPS) is 20.1. The number of nitrogens with zero attached hydrogens (tertiary/aromatic N) is 1. The van der Waals surface area contributed by atoms with Crippen molar-refractivity contribution >= 4 is 17.5 Å². The van der Waals surface area contributed by atoms with E-state index in [9.17, 15) is 9.59 Å². The minimum atomic E-state index is -0.280. The molecule has 0 aliphatic carbocycles. The predicted octanol–water partition coefficient (Wildman–Crippen LogP) is 2.14. The standard InChI is InChI=1S/C18H27N3O2/c1-11-8-12(2)16(13(3)9-11)20-18(23)14(4)21-7-5-6-15(10-21)17(19)22/h8-9,14-15H,5-7,10H2,1-4H3,(H2,19,22)(H,20,23)/t14-,15-/m1/s1. The zero-order valence-electron chi connectivity index (χ0n) is 14.5. The molecular formula is C18H27N3O2. The molecule has 0 aromatic heterocycles. The van der Waals surface area contributed by atoms with E-state index in [1.54, 1.807) is 0 Å². The zero-order chi connectivity index (χ0) is 17.1. The van der Waals surface area contributed by atoms with Crippen LogP contribution >= 0.6 is 0 Å². The van der Waals surface area contributed by atoms with Gasteiger partial charge in [-0.05, 0) is 58.2 Å². The smallest absolute Gasteiger partial charge is 0.241 e. The van der Waals surface area contributed by atoms with Gasteiger partial charge in [-0.15, -0.1) is 0 Å². The van der Waals surface area contributed by atoms with Crippen LogP contribution in [0.5, 0.6) is 0 Å². The van der Waals surface area contributed by atoms with Gasteiger partial charge in [0.05, 0.1) is 12.0 Å². The maximum Gasteiger partial charge on any atom is 0.241 e. The molecule has 126 valence electrons. The summed E-state index contributed by atoms with van der Waals surface area (Å²) in [7, 11) is 0. The van der Waals surface area contributed by atoms with E-state index in [2.05, 4.69) is 17.4 Å². The van der Waals surface area contributed by atoms with Gasteiger partial charge >= 0.3 is 0 Å². The summed E-state index contributed by atoms with van der Waals surface area (Å²) in [4.78, 5) is 26.1. The molecule has 0 unspecified atom stereocenters. The van der Waals surface area contributed by atoms with Crippen LogP contribution in [0.3, 0.4) is 0 Å². The molecule has 1 aromatic carbocycles. The highest BCUT2D eigenvalue weighted by molar-refractivity contribution is 5.96. The molecule has 1 aliphatic heterocycles. The molecule has 2 atom stereocenters. The Morgan fingerprint density at radius 1 is 1.26 bits per heavy atom. The predicted molar refractivity (Wildman–Crippen MR) is 92.2 cm³/mol. The van der Waals surface area contributed by atoms with Crippen molar-refractivity contribution in [2.24, 2.45) is 11.7 Å². The summed E-state index contributed by atoms with van der Waals surface area (Å²) in [6, 6.07) is 3.85. The van der Waals surface area contributed by atoms with Gasteiger partial charge in [0.25, 0.3) is 0 Å². The van der Waals surface area contributed by atoms with E-state index in [1.165, 1.54) is 5.56 Å². The number of nitrogens with two attached hydrogens (primary N) is 1. The van der Waals surface area contributed by atoms with Crippen LogP contribution < -0.4 is 11.1 Å². The fourth-order valence-electron chi connectivity index (χ4n) is 3.36. The Bertz CT molecular complexity index is 589. The lowest BCUT2D eigenvalue weighted by Crippen LogP contribution is -2.49. The van der Waals surface area contributed by atoms with E-state index < -0.39 is 0 Å². The maximum atomic E-state index is 12.6. The van der Waals surface area contributed by atoms with Gasteiger partial charge in [0.2, 0.25) is 11.8 Å². The number of likely N-dealkylation sites (tertiary alicyclic amines) is 1. The number of hydrogen-bond acceptors (Lipinski definition) is 3. The third kappa shape index (κ3) is 4.10. The van der Waals surface area contributed by atoms with Crippen LogP contribution in [-0.4, -0.2) is 35.8 Å². The number of piperidine rings is 1. The van der Waals surface area contributed by atoms with Crippen LogP contribution in [0, 0.1) is 26.7 Å². The Kier molecular flexibility index (Phi) is 5.42. The van der Waals surface area contributed by atoms with Crippen LogP contribution in [0.1, 0.15) is 36.5 Å². The van der Waals surface area contributed by atoms with Crippen LogP contribution in [-0.2, 0) is 9.59 Å². The van der Waals surface area contributed by atoms with Crippen LogP contribution in [0.2, 0.25) is 0 Å². The maximum absolute atomic E-state index is 12.6. The second-order valence-electron chi connectivity index (χ2n) is 6.68. The largest absolute Gasteiger partial charge is 0.369 e. The first kappa shape index (κ1) is 17.5. The van der Waals surface area contributed by atoms with Crippen molar-refractivity contribution in [2.75, 3.05) is 18.4 Å². The first-order valence-corrected chi connectivity index (χ1v) is 8.21. The topological polar surface area (TPSA) is 75.4 Å². The fourth-order valence-corrected chi connectivity index (χ4v) is 3.36. The second-order valence-corrected chi connectivity index (χ2v) is 6.68. The van der Waals surface area contributed by atoms with E-state index in [-0.39, 0.29) is 23.8 Å². The molecule has 3 N–H and O–H groups in total. The number of amides is 2. The number of aryl methyl sites for hydroxylation is 3. The molecule has 2 rings (SSSR count). The summed E-state index contributed by atoms with van der Waals surface area (Å²) in [5.74, 6) is -0.459. The molecule has 0 radical (unpaired) electrons. The highest BCUT2D eigenvalue weighted by atomic mass is 16.2. The molecule has 1 saturated heterocycles. The summed E-state index contributed by atoms with van der Waals surface area (Å²) >= 11 is 0. The van der Waals surface area contributed by atoms with Crippen molar-refractivity contribution in [3.05, 3.63) is 28.8 Å². The van der Waals surface area contributed by atoms with Gasteiger partial charge in [0.15, 0.2) is 0 Å². The zero-order valence-corrected chi connectivity index (χ0v) is 14.5. The number of anilines is 1. The molecule has 0 saturated carbocycles. The number of primary amides is 1. The molecular weight excluding hydrogens is 290 g/mol. The number of nitrogens with one attached hydrogen (secondary N) is 1. The van der Waals surface area contributed by atoms with E-state index in [0.29, 0.717) is 6.54 Å². The highest BCUT2D eigenvalue weighted by Gasteiger charge is 2.30. The Morgan fingerprint density at radius 2 is 1.87 bits per heavy atom. The second kappa shape index (κ2) is 7.13. The lowest BCUT2D eigenvalue weighted by Gasteiger charge is -2.35. The van der Waals surface area contributed by atoms with Crippen molar-refractivity contribution < 1.29 is 9.59 Å². The van der Waals surface area contributed by atoms with E-state index >= 15 is 0 Å². The van der Waals surface area contributed by atoms with E-state index in [4.69, 9.17) is 5.73 Å².